The van der Waals surface area contributed by atoms with Crippen LogP contribution in [0, 0.1) is 12.7 Å². The largest absolute Gasteiger partial charge is 0.389 e. The molecule has 0 aliphatic carbocycles. The van der Waals surface area contributed by atoms with Crippen molar-refractivity contribution in [2.24, 2.45) is 0 Å². The highest BCUT2D eigenvalue weighted by molar-refractivity contribution is 5.79. The number of hydrogen-bond donors (Lipinski definition) is 2. The maximum Gasteiger partial charge on any atom is 0.150 e. The molecule has 0 heterocycles. The maximum absolute atomic E-state index is 13.9. The van der Waals surface area contributed by atoms with Crippen LogP contribution >= 0.6 is 0 Å². The van der Waals surface area contributed by atoms with Crippen molar-refractivity contribution in [3.63, 3.8) is 0 Å². The van der Waals surface area contributed by atoms with Crippen LogP contribution < -0.4 is 5.32 Å². The zero-order chi connectivity index (χ0) is 24.7. The summed E-state index contributed by atoms with van der Waals surface area (Å²) in [6.07, 6.45) is 0.546. The fraction of sp³-hybridized carbons (Fsp3) is 0.345. The van der Waals surface area contributed by atoms with Gasteiger partial charge in [0.05, 0.1) is 18.8 Å². The number of ether oxygens (including phenoxy) is 1. The lowest BCUT2D eigenvalue weighted by atomic mass is 9.94. The zero-order valence-electron chi connectivity index (χ0n) is 20.3. The Kier molecular flexibility index (Phi) is 8.72. The third-order valence-electron chi connectivity index (χ3n) is 5.97. The average Bonchev–Trinajstić information content (AvgIpc) is 2.83. The number of carbonyl (C=O) groups excluding carboxylic acids is 1. The standard InChI is InChI=1S/C29H34FNO3/c1-20-12-13-22(15-28(20)30)16-29(3,4)31-17-25(33)19-34-21(2)26-10-5-6-11-27(26)24-9-7-8-23(14-24)18-32/h5-15,18,21,25,31,33H,16-17,19H2,1-4H3/t21-,25-/m1/s1. The van der Waals surface area contributed by atoms with Gasteiger partial charge in [-0.25, -0.2) is 4.39 Å². The van der Waals surface area contributed by atoms with E-state index in [1.54, 1.807) is 25.1 Å². The van der Waals surface area contributed by atoms with Gasteiger partial charge in [-0.1, -0.05) is 54.6 Å². The Hall–Kier alpha value is -2.86. The highest BCUT2D eigenvalue weighted by Gasteiger charge is 2.21. The van der Waals surface area contributed by atoms with Gasteiger partial charge in [-0.2, -0.15) is 0 Å². The van der Waals surface area contributed by atoms with E-state index in [2.05, 4.69) is 5.32 Å². The Labute approximate surface area is 201 Å². The van der Waals surface area contributed by atoms with E-state index < -0.39 is 6.10 Å². The Morgan fingerprint density at radius 2 is 1.85 bits per heavy atom. The normalized spacial score (nSPS) is 13.5. The maximum atomic E-state index is 13.9. The number of aliphatic hydroxyl groups excluding tert-OH is 1. The predicted octanol–water partition coefficient (Wildman–Crippen LogP) is 5.66. The molecule has 3 rings (SSSR count). The van der Waals surface area contributed by atoms with Crippen LogP contribution in [0.15, 0.2) is 66.7 Å². The van der Waals surface area contributed by atoms with Crippen molar-refractivity contribution >= 4 is 6.29 Å². The first-order valence-corrected chi connectivity index (χ1v) is 11.6. The lowest BCUT2D eigenvalue weighted by molar-refractivity contribution is -0.00397. The summed E-state index contributed by atoms with van der Waals surface area (Å²) in [5, 5.41) is 13.9. The Balaban J connectivity index is 1.56. The van der Waals surface area contributed by atoms with Gasteiger partial charge in [0.25, 0.3) is 0 Å². The van der Waals surface area contributed by atoms with Gasteiger partial charge < -0.3 is 15.2 Å². The quantitative estimate of drug-likeness (QED) is 0.360. The van der Waals surface area contributed by atoms with Gasteiger partial charge in [-0.15, -0.1) is 0 Å². The fourth-order valence-corrected chi connectivity index (χ4v) is 4.01. The van der Waals surface area contributed by atoms with E-state index in [1.165, 1.54) is 0 Å². The van der Waals surface area contributed by atoms with Crippen molar-refractivity contribution in [1.82, 2.24) is 5.32 Å². The van der Waals surface area contributed by atoms with Crippen molar-refractivity contribution in [2.45, 2.75) is 51.9 Å². The van der Waals surface area contributed by atoms with Crippen LogP contribution in [-0.4, -0.2) is 36.2 Å². The van der Waals surface area contributed by atoms with E-state index in [1.807, 2.05) is 69.3 Å². The van der Waals surface area contributed by atoms with E-state index in [4.69, 9.17) is 4.74 Å². The van der Waals surface area contributed by atoms with E-state index in [0.29, 0.717) is 24.1 Å². The highest BCUT2D eigenvalue weighted by Crippen LogP contribution is 2.30. The molecule has 2 atom stereocenters. The first kappa shape index (κ1) is 25.8. The Bertz CT molecular complexity index is 1110. The summed E-state index contributed by atoms with van der Waals surface area (Å²) in [4.78, 5) is 11.2. The zero-order valence-corrected chi connectivity index (χ0v) is 20.3. The summed E-state index contributed by atoms with van der Waals surface area (Å²) in [6.45, 7) is 8.30. The molecule has 0 radical (unpaired) electrons. The number of carbonyl (C=O) groups is 1. The minimum absolute atomic E-state index is 0.173. The number of halogens is 1. The highest BCUT2D eigenvalue weighted by atomic mass is 19.1. The SMILES string of the molecule is Cc1ccc(CC(C)(C)NC[C@@H](O)CO[C@H](C)c2ccccc2-c2cccc(C=O)c2)cc1F. The summed E-state index contributed by atoms with van der Waals surface area (Å²) in [5.74, 6) is -0.200. The lowest BCUT2D eigenvalue weighted by Gasteiger charge is -2.28. The van der Waals surface area contributed by atoms with Crippen LogP contribution in [0.1, 0.15) is 53.9 Å². The minimum atomic E-state index is -0.693. The number of nitrogens with one attached hydrogen (secondary N) is 1. The van der Waals surface area contributed by atoms with Crippen molar-refractivity contribution in [2.75, 3.05) is 13.2 Å². The van der Waals surface area contributed by atoms with Gasteiger partial charge in [0.1, 0.15) is 12.1 Å². The number of aryl methyl sites for hydroxylation is 1. The molecule has 0 saturated heterocycles. The molecule has 0 bridgehead atoms. The number of benzene rings is 3. The van der Waals surface area contributed by atoms with Crippen molar-refractivity contribution in [3.8, 4) is 11.1 Å². The molecule has 0 unspecified atom stereocenters. The monoisotopic (exact) mass is 463 g/mol. The number of rotatable bonds is 11. The molecule has 3 aromatic rings. The van der Waals surface area contributed by atoms with Crippen molar-refractivity contribution < 1.29 is 19.0 Å². The first-order chi connectivity index (χ1) is 16.2. The summed E-state index contributed by atoms with van der Waals surface area (Å²) in [7, 11) is 0. The summed E-state index contributed by atoms with van der Waals surface area (Å²) < 4.78 is 19.9. The van der Waals surface area contributed by atoms with Crippen LogP contribution in [0.2, 0.25) is 0 Å². The Morgan fingerprint density at radius 3 is 2.59 bits per heavy atom. The smallest absolute Gasteiger partial charge is 0.150 e. The molecule has 0 fully saturated rings. The number of hydrogen-bond acceptors (Lipinski definition) is 4. The molecule has 0 spiro atoms. The number of β-amino-alcohol motifs (C(OH)–C–C–N with tert-alkyl or cyclic N) is 1. The second-order valence-corrected chi connectivity index (χ2v) is 9.49. The topological polar surface area (TPSA) is 58.6 Å². The second-order valence-electron chi connectivity index (χ2n) is 9.49. The van der Waals surface area contributed by atoms with Gasteiger partial charge in [0.15, 0.2) is 0 Å². The summed E-state index contributed by atoms with van der Waals surface area (Å²) >= 11 is 0. The van der Waals surface area contributed by atoms with Crippen LogP contribution in [0.5, 0.6) is 0 Å². The molecule has 0 aromatic heterocycles. The molecular weight excluding hydrogens is 429 g/mol. The third-order valence-corrected chi connectivity index (χ3v) is 5.97. The average molecular weight is 464 g/mol. The third kappa shape index (κ3) is 7.07. The van der Waals surface area contributed by atoms with Crippen LogP contribution in [0.25, 0.3) is 11.1 Å². The van der Waals surface area contributed by atoms with Gasteiger partial charge in [-0.05, 0) is 74.1 Å². The minimum Gasteiger partial charge on any atom is -0.389 e. The van der Waals surface area contributed by atoms with E-state index in [0.717, 1.165) is 28.5 Å². The molecule has 2 N–H and O–H groups in total. The van der Waals surface area contributed by atoms with Crippen LogP contribution in [0.3, 0.4) is 0 Å². The van der Waals surface area contributed by atoms with Gasteiger partial charge >= 0.3 is 0 Å². The van der Waals surface area contributed by atoms with Crippen LogP contribution in [0.4, 0.5) is 4.39 Å². The fourth-order valence-electron chi connectivity index (χ4n) is 4.01. The molecule has 5 heteroatoms. The molecule has 180 valence electrons. The summed E-state index contributed by atoms with van der Waals surface area (Å²) in [6, 6.07) is 20.7. The van der Waals surface area contributed by atoms with Crippen molar-refractivity contribution in [3.05, 3.63) is 94.8 Å². The van der Waals surface area contributed by atoms with Crippen molar-refractivity contribution in [1.29, 1.82) is 0 Å². The molecule has 0 amide bonds. The molecule has 34 heavy (non-hydrogen) atoms. The molecular formula is C29H34FNO3. The molecule has 0 aliphatic heterocycles. The van der Waals surface area contributed by atoms with Gasteiger partial charge in [0.2, 0.25) is 0 Å². The predicted molar refractivity (Wildman–Crippen MR) is 135 cm³/mol. The summed E-state index contributed by atoms with van der Waals surface area (Å²) in [5.41, 5.74) is 4.80. The molecule has 4 nitrogen and oxygen atoms in total. The lowest BCUT2D eigenvalue weighted by Crippen LogP contribution is -2.46. The number of aliphatic hydroxyl groups is 1. The molecule has 0 aliphatic rings. The molecule has 0 saturated carbocycles. The van der Waals surface area contributed by atoms with E-state index in [-0.39, 0.29) is 24.1 Å². The second kappa shape index (κ2) is 11.5. The van der Waals surface area contributed by atoms with E-state index in [9.17, 15) is 14.3 Å². The van der Waals surface area contributed by atoms with Crippen LogP contribution in [-0.2, 0) is 11.2 Å². The first-order valence-electron chi connectivity index (χ1n) is 11.6. The van der Waals surface area contributed by atoms with E-state index >= 15 is 0 Å². The van der Waals surface area contributed by atoms with Gasteiger partial charge in [-0.3, -0.25) is 4.79 Å². The van der Waals surface area contributed by atoms with Gasteiger partial charge in [0, 0.05) is 17.6 Å². The molecule has 3 aromatic carbocycles. The Morgan fingerprint density at radius 1 is 1.09 bits per heavy atom. The number of aldehydes is 1.